The smallest absolute Gasteiger partial charge is 0.270 e. The summed E-state index contributed by atoms with van der Waals surface area (Å²) in [6.07, 6.45) is 1.42. The van der Waals surface area contributed by atoms with Gasteiger partial charge in [0.2, 0.25) is 0 Å². The van der Waals surface area contributed by atoms with Crippen LogP contribution in [-0.2, 0) is 11.8 Å². The van der Waals surface area contributed by atoms with Crippen molar-refractivity contribution in [2.45, 2.75) is 13.0 Å². The van der Waals surface area contributed by atoms with E-state index < -0.39 is 0 Å². The fourth-order valence-electron chi connectivity index (χ4n) is 3.35. The number of aromatic nitrogens is 3. The molecule has 0 bridgehead atoms. The van der Waals surface area contributed by atoms with Gasteiger partial charge in [-0.2, -0.15) is 0 Å². The van der Waals surface area contributed by atoms with E-state index in [1.165, 1.54) is 12.1 Å². The molecule has 1 saturated heterocycles. The normalized spacial score (nSPS) is 17.7. The van der Waals surface area contributed by atoms with Crippen LogP contribution in [0.25, 0.3) is 10.9 Å². The molecule has 1 atom stereocenters. The van der Waals surface area contributed by atoms with Crippen molar-refractivity contribution in [3.63, 3.8) is 0 Å². The lowest BCUT2D eigenvalue weighted by molar-refractivity contribution is -0.0251. The number of hydrogen-bond acceptors (Lipinski definition) is 4. The van der Waals surface area contributed by atoms with Crippen molar-refractivity contribution in [3.8, 4) is 0 Å². The zero-order valence-electron chi connectivity index (χ0n) is 14.6. The van der Waals surface area contributed by atoms with Gasteiger partial charge in [0.25, 0.3) is 5.91 Å². The van der Waals surface area contributed by atoms with E-state index in [2.05, 4.69) is 9.97 Å². The Morgan fingerprint density at radius 2 is 2.15 bits per heavy atom. The van der Waals surface area contributed by atoms with Crippen LogP contribution >= 0.6 is 0 Å². The molecule has 0 aliphatic carbocycles. The van der Waals surface area contributed by atoms with Crippen LogP contribution in [0.15, 0.2) is 36.5 Å². The van der Waals surface area contributed by atoms with Crippen LogP contribution in [0, 0.1) is 12.7 Å². The van der Waals surface area contributed by atoms with Crippen LogP contribution in [0.3, 0.4) is 0 Å². The average Bonchev–Trinajstić information content (AvgIpc) is 2.97. The molecule has 1 fully saturated rings. The number of carbonyl (C=O) groups is 1. The summed E-state index contributed by atoms with van der Waals surface area (Å²) >= 11 is 0. The number of halogens is 1. The van der Waals surface area contributed by atoms with Crippen molar-refractivity contribution in [2.75, 3.05) is 19.7 Å². The highest BCUT2D eigenvalue weighted by Gasteiger charge is 2.28. The Hall–Kier alpha value is -2.80. The highest BCUT2D eigenvalue weighted by Crippen LogP contribution is 2.24. The van der Waals surface area contributed by atoms with Crippen molar-refractivity contribution < 1.29 is 13.9 Å². The van der Waals surface area contributed by atoms with E-state index in [0.29, 0.717) is 36.6 Å². The van der Waals surface area contributed by atoms with Gasteiger partial charge in [-0.25, -0.2) is 14.4 Å². The second-order valence-corrected chi connectivity index (χ2v) is 6.43. The van der Waals surface area contributed by atoms with Crippen molar-refractivity contribution >= 4 is 16.8 Å². The standard InChI is InChI=1S/C19H19FN4O2/c1-12-21-6-5-15(22-12)18-11-24(7-8-26-18)19(25)17-10-13-9-14(20)3-4-16(13)23(17)2/h3-6,9-10,18H,7-8,11H2,1-2H3/t18-/m1/s1. The first kappa shape index (κ1) is 16.7. The molecule has 0 radical (unpaired) electrons. The van der Waals surface area contributed by atoms with Gasteiger partial charge in [0.05, 0.1) is 18.8 Å². The van der Waals surface area contributed by atoms with Gasteiger partial charge >= 0.3 is 0 Å². The van der Waals surface area contributed by atoms with Gasteiger partial charge in [0.15, 0.2) is 0 Å². The van der Waals surface area contributed by atoms with Crippen LogP contribution < -0.4 is 0 Å². The molecule has 1 amide bonds. The first-order chi connectivity index (χ1) is 12.5. The Morgan fingerprint density at radius 1 is 1.31 bits per heavy atom. The van der Waals surface area contributed by atoms with E-state index >= 15 is 0 Å². The predicted octanol–water partition coefficient (Wildman–Crippen LogP) is 2.63. The fourth-order valence-corrected chi connectivity index (χ4v) is 3.35. The Kier molecular flexibility index (Phi) is 4.16. The van der Waals surface area contributed by atoms with Crippen molar-refractivity contribution in [2.24, 2.45) is 7.05 Å². The Labute approximate surface area is 150 Å². The number of aryl methyl sites for hydroxylation is 2. The van der Waals surface area contributed by atoms with E-state index in [4.69, 9.17) is 4.74 Å². The molecule has 1 aromatic carbocycles. The summed E-state index contributed by atoms with van der Waals surface area (Å²) in [7, 11) is 1.82. The second kappa shape index (κ2) is 6.49. The predicted molar refractivity (Wildman–Crippen MR) is 94.2 cm³/mol. The first-order valence-corrected chi connectivity index (χ1v) is 8.48. The lowest BCUT2D eigenvalue weighted by Gasteiger charge is -2.32. The van der Waals surface area contributed by atoms with Crippen molar-refractivity contribution in [1.82, 2.24) is 19.4 Å². The SMILES string of the molecule is Cc1nccc([C@H]2CN(C(=O)c3cc4cc(F)ccc4n3C)CCO2)n1. The highest BCUT2D eigenvalue weighted by atomic mass is 19.1. The Morgan fingerprint density at radius 3 is 2.96 bits per heavy atom. The van der Waals surface area contributed by atoms with Crippen LogP contribution in [0.1, 0.15) is 28.1 Å². The summed E-state index contributed by atoms with van der Waals surface area (Å²) in [5.41, 5.74) is 2.13. The lowest BCUT2D eigenvalue weighted by atomic mass is 10.2. The minimum atomic E-state index is -0.312. The van der Waals surface area contributed by atoms with Crippen LogP contribution in [0.2, 0.25) is 0 Å². The molecule has 26 heavy (non-hydrogen) atoms. The number of carbonyl (C=O) groups excluding carboxylic acids is 1. The minimum Gasteiger partial charge on any atom is -0.368 e. The molecule has 1 aliphatic rings. The van der Waals surface area contributed by atoms with E-state index in [-0.39, 0.29) is 17.8 Å². The molecule has 0 spiro atoms. The summed E-state index contributed by atoms with van der Waals surface area (Å²) in [5.74, 6) is 0.265. The zero-order valence-corrected chi connectivity index (χ0v) is 14.6. The Balaban J connectivity index is 1.61. The number of fused-ring (bicyclic) bond motifs is 1. The van der Waals surface area contributed by atoms with E-state index in [1.54, 1.807) is 27.8 Å². The molecule has 7 heteroatoms. The number of morpholine rings is 1. The third-order valence-corrected chi connectivity index (χ3v) is 4.70. The van der Waals surface area contributed by atoms with Gasteiger partial charge in [-0.3, -0.25) is 4.79 Å². The van der Waals surface area contributed by atoms with E-state index in [0.717, 1.165) is 11.2 Å². The number of rotatable bonds is 2. The van der Waals surface area contributed by atoms with Crippen LogP contribution in [0.5, 0.6) is 0 Å². The topological polar surface area (TPSA) is 60.2 Å². The van der Waals surface area contributed by atoms with Gasteiger partial charge in [-0.15, -0.1) is 0 Å². The quantitative estimate of drug-likeness (QED) is 0.710. The number of ether oxygens (including phenoxy) is 1. The zero-order chi connectivity index (χ0) is 18.3. The van der Waals surface area contributed by atoms with E-state index in [1.807, 2.05) is 20.0 Å². The molecular weight excluding hydrogens is 335 g/mol. The molecule has 4 rings (SSSR count). The van der Waals surface area contributed by atoms with Gasteiger partial charge < -0.3 is 14.2 Å². The summed E-state index contributed by atoms with van der Waals surface area (Å²) in [4.78, 5) is 23.3. The number of hydrogen-bond donors (Lipinski definition) is 0. The van der Waals surface area contributed by atoms with E-state index in [9.17, 15) is 9.18 Å². The molecule has 3 heterocycles. The molecular formula is C19H19FN4O2. The second-order valence-electron chi connectivity index (χ2n) is 6.43. The molecule has 134 valence electrons. The number of amides is 1. The molecule has 2 aromatic heterocycles. The fraction of sp³-hybridized carbons (Fsp3) is 0.316. The largest absolute Gasteiger partial charge is 0.368 e. The molecule has 0 saturated carbocycles. The first-order valence-electron chi connectivity index (χ1n) is 8.48. The maximum absolute atomic E-state index is 13.5. The molecule has 0 N–H and O–H groups in total. The van der Waals surface area contributed by atoms with Gasteiger partial charge in [-0.05, 0) is 37.3 Å². The summed E-state index contributed by atoms with van der Waals surface area (Å²) in [6, 6.07) is 8.08. The minimum absolute atomic E-state index is 0.0943. The van der Waals surface area contributed by atoms with Gasteiger partial charge in [0, 0.05) is 30.7 Å². The summed E-state index contributed by atoms with van der Waals surface area (Å²) < 4.78 is 21.1. The summed E-state index contributed by atoms with van der Waals surface area (Å²) in [5, 5.41) is 0.715. The van der Waals surface area contributed by atoms with Gasteiger partial charge in [-0.1, -0.05) is 0 Å². The molecule has 3 aromatic rings. The summed E-state index contributed by atoms with van der Waals surface area (Å²) in [6.45, 7) is 3.20. The third-order valence-electron chi connectivity index (χ3n) is 4.70. The van der Waals surface area contributed by atoms with Crippen LogP contribution in [-0.4, -0.2) is 45.0 Å². The lowest BCUT2D eigenvalue weighted by Crippen LogP contribution is -2.43. The van der Waals surface area contributed by atoms with Crippen molar-refractivity contribution in [1.29, 1.82) is 0 Å². The number of nitrogens with zero attached hydrogens (tertiary/aromatic N) is 4. The average molecular weight is 354 g/mol. The molecule has 1 aliphatic heterocycles. The van der Waals surface area contributed by atoms with Crippen LogP contribution in [0.4, 0.5) is 4.39 Å². The van der Waals surface area contributed by atoms with Gasteiger partial charge in [0.1, 0.15) is 23.4 Å². The number of benzene rings is 1. The third kappa shape index (κ3) is 2.94. The Bertz CT molecular complexity index is 985. The molecule has 0 unspecified atom stereocenters. The van der Waals surface area contributed by atoms with Crippen molar-refractivity contribution in [3.05, 3.63) is 59.6 Å². The monoisotopic (exact) mass is 354 g/mol. The maximum atomic E-state index is 13.5. The maximum Gasteiger partial charge on any atom is 0.270 e. The highest BCUT2D eigenvalue weighted by molar-refractivity contribution is 5.98. The molecule has 6 nitrogen and oxygen atoms in total.